The highest BCUT2D eigenvalue weighted by Crippen LogP contribution is 2.19. The Labute approximate surface area is 205 Å². The number of hydrogen-bond acceptors (Lipinski definition) is 7. The van der Waals surface area contributed by atoms with Crippen LogP contribution in [0.15, 0.2) is 0 Å². The predicted molar refractivity (Wildman–Crippen MR) is 139 cm³/mol. The van der Waals surface area contributed by atoms with Crippen LogP contribution in [0.25, 0.3) is 0 Å². The van der Waals surface area contributed by atoms with Crippen molar-refractivity contribution in [3.05, 3.63) is 0 Å². The Balaban J connectivity index is 4.22. The molecule has 33 heavy (non-hydrogen) atoms. The molecule has 9 heteroatoms. The van der Waals surface area contributed by atoms with E-state index in [1.807, 2.05) is 41.5 Å². The van der Waals surface area contributed by atoms with Gasteiger partial charge in [0.05, 0.1) is 0 Å². The smallest absolute Gasteiger partial charge is 0.334 e. The summed E-state index contributed by atoms with van der Waals surface area (Å²) in [5, 5.41) is 3.32. The number of hydrogen-bond donors (Lipinski definition) is 1. The van der Waals surface area contributed by atoms with Crippen molar-refractivity contribution in [2.75, 3.05) is 39.5 Å². The van der Waals surface area contributed by atoms with Gasteiger partial charge in [0, 0.05) is 64.2 Å². The Hall–Kier alpha value is -0.426. The standard InChI is InChI=1S/C24H51NO6Si2/c1-9-28-32(7,29-10-2)17-13-15-23(26)21(5)19-25-20-22(6)24(27)16-14-18-33(8,30-11-3)31-12-4/h21-22,25H,9-20H2,1-8H3. The third kappa shape index (κ3) is 14.5. The third-order valence-corrected chi connectivity index (χ3v) is 12.0. The lowest BCUT2D eigenvalue weighted by Crippen LogP contribution is -2.39. The van der Waals surface area contributed by atoms with Gasteiger partial charge in [0.2, 0.25) is 0 Å². The molecule has 0 saturated carbocycles. The second-order valence-corrected chi connectivity index (χ2v) is 15.8. The van der Waals surface area contributed by atoms with E-state index in [0.29, 0.717) is 52.4 Å². The van der Waals surface area contributed by atoms with Crippen LogP contribution in [0, 0.1) is 11.8 Å². The number of ketones is 2. The molecule has 2 atom stereocenters. The summed E-state index contributed by atoms with van der Waals surface area (Å²) >= 11 is 0. The maximum Gasteiger partial charge on any atom is 0.334 e. The average molecular weight is 506 g/mol. The van der Waals surface area contributed by atoms with E-state index in [1.54, 1.807) is 0 Å². The quantitative estimate of drug-likeness (QED) is 0.211. The highest BCUT2D eigenvalue weighted by Gasteiger charge is 2.31. The highest BCUT2D eigenvalue weighted by atomic mass is 28.4. The molecule has 0 radical (unpaired) electrons. The molecular weight excluding hydrogens is 454 g/mol. The summed E-state index contributed by atoms with van der Waals surface area (Å²) in [6, 6.07) is 1.67. The van der Waals surface area contributed by atoms with Gasteiger partial charge in [-0.25, -0.2) is 0 Å². The minimum Gasteiger partial charge on any atom is -0.395 e. The summed E-state index contributed by atoms with van der Waals surface area (Å²) in [5.41, 5.74) is 0. The van der Waals surface area contributed by atoms with E-state index in [1.165, 1.54) is 0 Å². The van der Waals surface area contributed by atoms with Gasteiger partial charge in [0.15, 0.2) is 0 Å². The van der Waals surface area contributed by atoms with Gasteiger partial charge in [-0.1, -0.05) is 13.8 Å². The molecule has 0 heterocycles. The zero-order valence-electron chi connectivity index (χ0n) is 22.6. The average Bonchev–Trinajstić information content (AvgIpc) is 2.73. The summed E-state index contributed by atoms with van der Waals surface area (Å²) in [6.07, 6.45) is 2.68. The molecule has 0 rings (SSSR count). The van der Waals surface area contributed by atoms with Crippen molar-refractivity contribution in [1.82, 2.24) is 5.32 Å². The number of rotatable bonds is 22. The Morgan fingerprint density at radius 1 is 0.667 bits per heavy atom. The van der Waals surface area contributed by atoms with Crippen LogP contribution in [0.4, 0.5) is 0 Å². The number of carbonyl (C=O) groups is 2. The first-order valence-electron chi connectivity index (χ1n) is 12.9. The van der Waals surface area contributed by atoms with E-state index in [0.717, 1.165) is 24.9 Å². The monoisotopic (exact) mass is 505 g/mol. The van der Waals surface area contributed by atoms with Gasteiger partial charge in [-0.15, -0.1) is 0 Å². The Bertz CT molecular complexity index is 491. The summed E-state index contributed by atoms with van der Waals surface area (Å²) in [5.74, 6) is 0.371. The number of Topliss-reactive ketones (excluding diaryl/α,β-unsaturated/α-hetero) is 2. The molecule has 0 aliphatic rings. The van der Waals surface area contributed by atoms with Crippen LogP contribution in [0.2, 0.25) is 25.2 Å². The fourth-order valence-electron chi connectivity index (χ4n) is 4.00. The van der Waals surface area contributed by atoms with Gasteiger partial charge in [0.25, 0.3) is 0 Å². The zero-order chi connectivity index (χ0) is 25.3. The van der Waals surface area contributed by atoms with Crippen LogP contribution in [-0.4, -0.2) is 68.2 Å². The first-order chi connectivity index (χ1) is 15.6. The lowest BCUT2D eigenvalue weighted by molar-refractivity contribution is -0.122. The van der Waals surface area contributed by atoms with Gasteiger partial charge in [-0.3, -0.25) is 9.59 Å². The molecule has 196 valence electrons. The molecule has 0 amide bonds. The van der Waals surface area contributed by atoms with Gasteiger partial charge < -0.3 is 23.0 Å². The van der Waals surface area contributed by atoms with Crippen molar-refractivity contribution in [2.24, 2.45) is 11.8 Å². The topological polar surface area (TPSA) is 83.1 Å². The van der Waals surface area contributed by atoms with Crippen molar-refractivity contribution >= 4 is 28.7 Å². The first kappa shape index (κ1) is 32.6. The fraction of sp³-hybridized carbons (Fsp3) is 0.917. The van der Waals surface area contributed by atoms with Crippen molar-refractivity contribution < 1.29 is 27.3 Å². The molecule has 7 nitrogen and oxygen atoms in total. The van der Waals surface area contributed by atoms with Crippen molar-refractivity contribution in [3.8, 4) is 0 Å². The van der Waals surface area contributed by atoms with Gasteiger partial charge >= 0.3 is 17.1 Å². The van der Waals surface area contributed by atoms with E-state index in [9.17, 15) is 9.59 Å². The number of carbonyl (C=O) groups excluding carboxylic acids is 2. The van der Waals surface area contributed by atoms with Crippen molar-refractivity contribution in [1.29, 1.82) is 0 Å². The molecule has 0 saturated heterocycles. The van der Waals surface area contributed by atoms with E-state index >= 15 is 0 Å². The van der Waals surface area contributed by atoms with Crippen molar-refractivity contribution in [3.63, 3.8) is 0 Å². The minimum atomic E-state index is -2.16. The van der Waals surface area contributed by atoms with Gasteiger partial charge in [-0.2, -0.15) is 0 Å². The molecule has 0 aromatic rings. The SMILES string of the molecule is CCO[Si](C)(CCCC(=O)C(C)CNCC(C)C(=O)CCC[Si](C)(OCC)OCC)OCC. The fourth-order valence-corrected chi connectivity index (χ4v) is 8.82. The highest BCUT2D eigenvalue weighted by molar-refractivity contribution is 6.66. The molecule has 2 unspecified atom stereocenters. The first-order valence-corrected chi connectivity index (χ1v) is 17.9. The van der Waals surface area contributed by atoms with E-state index in [-0.39, 0.29) is 23.4 Å². The van der Waals surface area contributed by atoms with Gasteiger partial charge in [0.1, 0.15) is 11.6 Å². The Morgan fingerprint density at radius 3 is 1.24 bits per heavy atom. The zero-order valence-corrected chi connectivity index (χ0v) is 24.6. The molecule has 1 N–H and O–H groups in total. The molecule has 0 aromatic heterocycles. The lowest BCUT2D eigenvalue weighted by Gasteiger charge is -2.26. The molecule has 0 bridgehead atoms. The van der Waals surface area contributed by atoms with Crippen LogP contribution in [-0.2, 0) is 27.3 Å². The third-order valence-electron chi connectivity index (χ3n) is 5.91. The molecular formula is C24H51NO6Si2. The number of nitrogens with one attached hydrogen (secondary N) is 1. The van der Waals surface area contributed by atoms with Crippen LogP contribution in [0.5, 0.6) is 0 Å². The summed E-state index contributed by atoms with van der Waals surface area (Å²) in [4.78, 5) is 25.0. The second-order valence-electron chi connectivity index (χ2n) is 9.10. The van der Waals surface area contributed by atoms with Gasteiger partial charge in [-0.05, 0) is 65.7 Å². The van der Waals surface area contributed by atoms with Crippen molar-refractivity contribution in [2.45, 2.75) is 92.4 Å². The second kappa shape index (κ2) is 17.9. The summed E-state index contributed by atoms with van der Waals surface area (Å²) in [7, 11) is -4.31. The molecule has 0 spiro atoms. The van der Waals surface area contributed by atoms with E-state index < -0.39 is 17.1 Å². The molecule has 0 aliphatic carbocycles. The summed E-state index contributed by atoms with van der Waals surface area (Å²) in [6.45, 7) is 19.8. The summed E-state index contributed by atoms with van der Waals surface area (Å²) < 4.78 is 23.4. The normalized spacial score (nSPS) is 14.3. The maximum atomic E-state index is 12.5. The van der Waals surface area contributed by atoms with Crippen LogP contribution >= 0.6 is 0 Å². The molecule has 0 fully saturated rings. The lowest BCUT2D eigenvalue weighted by atomic mass is 10.0. The largest absolute Gasteiger partial charge is 0.395 e. The Morgan fingerprint density at radius 2 is 0.970 bits per heavy atom. The predicted octanol–water partition coefficient (Wildman–Crippen LogP) is 4.84. The minimum absolute atomic E-state index is 0.0662. The molecule has 0 aliphatic heterocycles. The maximum absolute atomic E-state index is 12.5. The van der Waals surface area contributed by atoms with Crippen LogP contribution in [0.3, 0.4) is 0 Å². The molecule has 0 aromatic carbocycles. The Kier molecular flexibility index (Phi) is 17.7. The van der Waals surface area contributed by atoms with E-state index in [4.69, 9.17) is 17.7 Å². The van der Waals surface area contributed by atoms with Crippen LogP contribution < -0.4 is 5.32 Å². The van der Waals surface area contributed by atoms with E-state index in [2.05, 4.69) is 18.4 Å². The van der Waals surface area contributed by atoms with Crippen LogP contribution in [0.1, 0.15) is 67.2 Å².